The lowest BCUT2D eigenvalue weighted by molar-refractivity contribution is 0.0688. The molecule has 2 aromatic rings. The third-order valence-electron chi connectivity index (χ3n) is 5.84. The minimum atomic E-state index is 0.226. The highest BCUT2D eigenvalue weighted by molar-refractivity contribution is 6.07. The van der Waals surface area contributed by atoms with Gasteiger partial charge in [-0.3, -0.25) is 9.78 Å². The van der Waals surface area contributed by atoms with Crippen LogP contribution in [0, 0.1) is 5.92 Å². The quantitative estimate of drug-likeness (QED) is 0.932. The second kappa shape index (κ2) is 7.12. The highest BCUT2D eigenvalue weighted by Gasteiger charge is 2.29. The summed E-state index contributed by atoms with van der Waals surface area (Å²) in [6.07, 6.45) is 6.58. The van der Waals surface area contributed by atoms with Gasteiger partial charge in [0.25, 0.3) is 5.91 Å². The third kappa shape index (κ3) is 3.15. The normalized spacial score (nSPS) is 17.9. The molecule has 4 nitrogen and oxygen atoms in total. The molecule has 4 heteroatoms. The molecule has 1 aromatic carbocycles. The zero-order valence-electron chi connectivity index (χ0n) is 15.1. The van der Waals surface area contributed by atoms with Crippen LogP contribution in [-0.2, 0) is 12.8 Å². The average Bonchev–Trinajstić information content (AvgIpc) is 3.12. The summed E-state index contributed by atoms with van der Waals surface area (Å²) in [5.41, 5.74) is 4.26. The van der Waals surface area contributed by atoms with Crippen LogP contribution in [0.25, 0.3) is 10.9 Å². The van der Waals surface area contributed by atoms with Crippen molar-refractivity contribution in [3.63, 3.8) is 0 Å². The van der Waals surface area contributed by atoms with Crippen molar-refractivity contribution in [1.82, 2.24) is 15.2 Å². The Kier molecular flexibility index (Phi) is 4.71. The SMILES string of the molecule is CNCCC1CCN(C(=O)c2c3c(nc4ccccc24)CCC3)CC1. The summed E-state index contributed by atoms with van der Waals surface area (Å²) in [7, 11) is 2.01. The second-order valence-electron chi connectivity index (χ2n) is 7.41. The molecule has 1 aromatic heterocycles. The first-order valence-electron chi connectivity index (χ1n) is 9.62. The number of hydrogen-bond acceptors (Lipinski definition) is 3. The number of hydrogen-bond donors (Lipinski definition) is 1. The van der Waals surface area contributed by atoms with Crippen molar-refractivity contribution in [3.8, 4) is 0 Å². The van der Waals surface area contributed by atoms with Crippen LogP contribution in [0.5, 0.6) is 0 Å². The summed E-state index contributed by atoms with van der Waals surface area (Å²) in [6.45, 7) is 2.85. The number of carbonyl (C=O) groups excluding carboxylic acids is 1. The number of carbonyl (C=O) groups is 1. The maximum Gasteiger partial charge on any atom is 0.254 e. The lowest BCUT2D eigenvalue weighted by atomic mass is 9.92. The third-order valence-corrected chi connectivity index (χ3v) is 5.84. The van der Waals surface area contributed by atoms with E-state index in [2.05, 4.69) is 16.3 Å². The van der Waals surface area contributed by atoms with E-state index in [-0.39, 0.29) is 5.91 Å². The molecular formula is C21H27N3O. The van der Waals surface area contributed by atoms with E-state index in [4.69, 9.17) is 4.98 Å². The van der Waals surface area contributed by atoms with Gasteiger partial charge in [0.2, 0.25) is 0 Å². The summed E-state index contributed by atoms with van der Waals surface area (Å²) in [6, 6.07) is 8.13. The fraction of sp³-hybridized carbons (Fsp3) is 0.524. The molecule has 0 atom stereocenters. The van der Waals surface area contributed by atoms with Gasteiger partial charge in [-0.25, -0.2) is 0 Å². The Morgan fingerprint density at radius 1 is 1.24 bits per heavy atom. The molecule has 1 saturated heterocycles. The molecule has 0 radical (unpaired) electrons. The summed E-state index contributed by atoms with van der Waals surface area (Å²) in [5.74, 6) is 0.972. The Labute approximate surface area is 149 Å². The minimum absolute atomic E-state index is 0.226. The number of likely N-dealkylation sites (tertiary alicyclic amines) is 1. The number of nitrogens with one attached hydrogen (secondary N) is 1. The van der Waals surface area contributed by atoms with Gasteiger partial charge in [-0.15, -0.1) is 0 Å². The van der Waals surface area contributed by atoms with E-state index >= 15 is 0 Å². The van der Waals surface area contributed by atoms with Gasteiger partial charge in [-0.2, -0.15) is 0 Å². The Morgan fingerprint density at radius 2 is 2.04 bits per heavy atom. The molecule has 2 aliphatic rings. The van der Waals surface area contributed by atoms with Crippen LogP contribution in [0.3, 0.4) is 0 Å². The Balaban J connectivity index is 1.61. The monoisotopic (exact) mass is 337 g/mol. The zero-order chi connectivity index (χ0) is 17.2. The maximum atomic E-state index is 13.4. The number of aromatic nitrogens is 1. The fourth-order valence-electron chi connectivity index (χ4n) is 4.39. The number of pyridine rings is 1. The van der Waals surface area contributed by atoms with Crippen LogP contribution < -0.4 is 5.32 Å². The lowest BCUT2D eigenvalue weighted by Gasteiger charge is -2.32. The standard InChI is InChI=1S/C21H27N3O/c1-22-12-9-15-10-13-24(14-11-15)21(25)20-16-5-2-3-7-18(16)23-19-8-4-6-17(19)20/h2-3,5,7,15,22H,4,6,8-14H2,1H3. The Hall–Kier alpha value is -1.94. The van der Waals surface area contributed by atoms with Crippen LogP contribution in [0.1, 0.15) is 47.3 Å². The molecule has 1 N–H and O–H groups in total. The molecule has 1 amide bonds. The fourth-order valence-corrected chi connectivity index (χ4v) is 4.39. The van der Waals surface area contributed by atoms with Crippen molar-refractivity contribution < 1.29 is 4.79 Å². The number of nitrogens with zero attached hydrogens (tertiary/aromatic N) is 2. The summed E-state index contributed by atoms with van der Waals surface area (Å²) in [5, 5.41) is 4.27. The predicted octanol–water partition coefficient (Wildman–Crippen LogP) is 3.19. The van der Waals surface area contributed by atoms with E-state index in [0.717, 1.165) is 79.8 Å². The van der Waals surface area contributed by atoms with Gasteiger partial charge in [0.1, 0.15) is 0 Å². The number of benzene rings is 1. The Morgan fingerprint density at radius 3 is 2.84 bits per heavy atom. The van der Waals surface area contributed by atoms with Gasteiger partial charge < -0.3 is 10.2 Å². The molecule has 25 heavy (non-hydrogen) atoms. The van der Waals surface area contributed by atoms with Crippen molar-refractivity contribution in [2.75, 3.05) is 26.7 Å². The number of aryl methyl sites for hydroxylation is 1. The van der Waals surface area contributed by atoms with Crippen molar-refractivity contribution in [3.05, 3.63) is 41.1 Å². The number of fused-ring (bicyclic) bond motifs is 2. The first-order valence-corrected chi connectivity index (χ1v) is 9.62. The van der Waals surface area contributed by atoms with Crippen molar-refractivity contribution in [2.24, 2.45) is 5.92 Å². The molecule has 0 bridgehead atoms. The van der Waals surface area contributed by atoms with Gasteiger partial charge in [0.15, 0.2) is 0 Å². The van der Waals surface area contributed by atoms with Crippen LogP contribution in [-0.4, -0.2) is 42.5 Å². The molecule has 0 spiro atoms. The van der Waals surface area contributed by atoms with E-state index in [9.17, 15) is 4.79 Å². The molecule has 0 saturated carbocycles. The van der Waals surface area contributed by atoms with Crippen LogP contribution in [0.4, 0.5) is 0 Å². The van der Waals surface area contributed by atoms with Gasteiger partial charge in [0, 0.05) is 24.2 Å². The number of para-hydroxylation sites is 1. The van der Waals surface area contributed by atoms with Crippen LogP contribution >= 0.6 is 0 Å². The van der Waals surface area contributed by atoms with Crippen LogP contribution in [0.15, 0.2) is 24.3 Å². The highest BCUT2D eigenvalue weighted by atomic mass is 16.2. The molecular weight excluding hydrogens is 310 g/mol. The van der Waals surface area contributed by atoms with E-state index in [0.29, 0.717) is 0 Å². The molecule has 2 heterocycles. The van der Waals surface area contributed by atoms with E-state index in [1.165, 1.54) is 12.0 Å². The van der Waals surface area contributed by atoms with Crippen molar-refractivity contribution in [2.45, 2.75) is 38.5 Å². The van der Waals surface area contributed by atoms with E-state index in [1.807, 2.05) is 25.2 Å². The van der Waals surface area contributed by atoms with Crippen molar-refractivity contribution in [1.29, 1.82) is 0 Å². The summed E-state index contributed by atoms with van der Waals surface area (Å²) < 4.78 is 0. The van der Waals surface area contributed by atoms with Gasteiger partial charge >= 0.3 is 0 Å². The summed E-state index contributed by atoms with van der Waals surface area (Å²) in [4.78, 5) is 20.3. The number of piperidine rings is 1. The molecule has 0 unspecified atom stereocenters. The first kappa shape index (κ1) is 16.5. The summed E-state index contributed by atoms with van der Waals surface area (Å²) >= 11 is 0. The van der Waals surface area contributed by atoms with Gasteiger partial charge in [-0.05, 0) is 69.7 Å². The topological polar surface area (TPSA) is 45.2 Å². The molecule has 1 fully saturated rings. The molecule has 4 rings (SSSR count). The largest absolute Gasteiger partial charge is 0.339 e. The molecule has 132 valence electrons. The average molecular weight is 337 g/mol. The maximum absolute atomic E-state index is 13.4. The van der Waals surface area contributed by atoms with Crippen LogP contribution in [0.2, 0.25) is 0 Å². The molecule has 1 aliphatic heterocycles. The van der Waals surface area contributed by atoms with E-state index < -0.39 is 0 Å². The Bertz CT molecular complexity index is 778. The predicted molar refractivity (Wildman–Crippen MR) is 101 cm³/mol. The minimum Gasteiger partial charge on any atom is -0.339 e. The van der Waals surface area contributed by atoms with Crippen molar-refractivity contribution >= 4 is 16.8 Å². The zero-order valence-corrected chi connectivity index (χ0v) is 15.1. The number of rotatable bonds is 4. The second-order valence-corrected chi connectivity index (χ2v) is 7.41. The van der Waals surface area contributed by atoms with Gasteiger partial charge in [0.05, 0.1) is 11.1 Å². The lowest BCUT2D eigenvalue weighted by Crippen LogP contribution is -2.39. The molecule has 1 aliphatic carbocycles. The first-order chi connectivity index (χ1) is 12.3. The van der Waals surface area contributed by atoms with E-state index in [1.54, 1.807) is 0 Å². The number of amides is 1. The smallest absolute Gasteiger partial charge is 0.254 e. The van der Waals surface area contributed by atoms with Gasteiger partial charge in [-0.1, -0.05) is 18.2 Å². The highest BCUT2D eigenvalue weighted by Crippen LogP contribution is 2.32.